The molecule has 0 unspecified atom stereocenters. The topological polar surface area (TPSA) is 93.5 Å². The molecule has 6 aliphatic rings. The molecule has 8 rings (SSSR count). The Bertz CT molecular complexity index is 1590. The third kappa shape index (κ3) is 5.15. The summed E-state index contributed by atoms with van der Waals surface area (Å²) in [5.74, 6) is 1.57. The number of carbonyl (C=O) groups is 1. The van der Waals surface area contributed by atoms with Gasteiger partial charge in [0.1, 0.15) is 5.75 Å². The third-order valence-electron chi connectivity index (χ3n) is 12.6. The molecule has 1 saturated carbocycles. The van der Waals surface area contributed by atoms with Crippen LogP contribution in [0.2, 0.25) is 0 Å². The number of aliphatic hydroxyl groups is 1. The van der Waals surface area contributed by atoms with E-state index in [9.17, 15) is 20.1 Å². The molecule has 4 bridgehead atoms. The van der Waals surface area contributed by atoms with Crippen molar-refractivity contribution in [3.8, 4) is 17.2 Å². The van der Waals surface area contributed by atoms with Crippen LogP contribution in [0.5, 0.6) is 17.2 Å². The number of benzene rings is 2. The van der Waals surface area contributed by atoms with Crippen LogP contribution in [0.3, 0.4) is 0 Å². The van der Waals surface area contributed by atoms with Crippen molar-refractivity contribution in [1.82, 2.24) is 9.80 Å². The van der Waals surface area contributed by atoms with Gasteiger partial charge in [0.2, 0.25) is 0 Å². The third-order valence-corrected chi connectivity index (χ3v) is 12.6. The van der Waals surface area contributed by atoms with Gasteiger partial charge in [-0.3, -0.25) is 14.6 Å². The van der Waals surface area contributed by atoms with E-state index in [-0.39, 0.29) is 47.8 Å². The van der Waals surface area contributed by atoms with Crippen molar-refractivity contribution in [2.45, 2.75) is 101 Å². The predicted molar refractivity (Wildman–Crippen MR) is 190 cm³/mol. The van der Waals surface area contributed by atoms with Crippen LogP contribution < -0.4 is 4.74 Å². The highest BCUT2D eigenvalue weighted by molar-refractivity contribution is 5.90. The van der Waals surface area contributed by atoms with Gasteiger partial charge in [-0.25, -0.2) is 0 Å². The number of aromatic hydroxyl groups is 2. The van der Waals surface area contributed by atoms with E-state index in [1.54, 1.807) is 6.07 Å². The quantitative estimate of drug-likeness (QED) is 0.339. The van der Waals surface area contributed by atoms with Crippen molar-refractivity contribution in [2.75, 3.05) is 26.2 Å². The molecule has 0 amide bonds. The minimum absolute atomic E-state index is 0. The van der Waals surface area contributed by atoms with Gasteiger partial charge < -0.3 is 20.1 Å². The summed E-state index contributed by atoms with van der Waals surface area (Å²) >= 11 is 0. The number of phenols is 2. The summed E-state index contributed by atoms with van der Waals surface area (Å²) in [7, 11) is 0. The van der Waals surface area contributed by atoms with E-state index in [1.165, 1.54) is 23.1 Å². The molecule has 0 radical (unpaired) electrons. The van der Waals surface area contributed by atoms with Gasteiger partial charge in [0.25, 0.3) is 0 Å². The molecule has 3 aliphatic heterocycles. The Balaban J connectivity index is 0.000000179. The Morgan fingerprint density at radius 3 is 2.47 bits per heavy atom. The number of ether oxygens (including phenoxy) is 1. The molecule has 256 valence electrons. The van der Waals surface area contributed by atoms with E-state index in [4.69, 9.17) is 4.74 Å². The van der Waals surface area contributed by atoms with E-state index in [2.05, 4.69) is 56.2 Å². The highest BCUT2D eigenvalue weighted by atomic mass is 35.5. The van der Waals surface area contributed by atoms with Crippen LogP contribution >= 0.6 is 24.8 Å². The molecule has 47 heavy (non-hydrogen) atoms. The molecule has 2 aromatic rings. The lowest BCUT2D eigenvalue weighted by Crippen LogP contribution is -2.76. The summed E-state index contributed by atoms with van der Waals surface area (Å²) < 4.78 is 5.98. The number of rotatable bonds is 4. The number of likely N-dealkylation sites (tertiary alicyclic amines) is 2. The second-order valence-corrected chi connectivity index (χ2v) is 14.9. The van der Waals surface area contributed by atoms with Crippen molar-refractivity contribution < 1.29 is 24.9 Å². The van der Waals surface area contributed by atoms with Gasteiger partial charge in [-0.2, -0.15) is 0 Å². The zero-order valence-corrected chi connectivity index (χ0v) is 29.6. The first kappa shape index (κ1) is 35.7. The number of piperidine rings is 2. The summed E-state index contributed by atoms with van der Waals surface area (Å²) in [5, 5.41) is 32.0. The van der Waals surface area contributed by atoms with E-state index in [1.807, 2.05) is 24.3 Å². The van der Waals surface area contributed by atoms with Crippen molar-refractivity contribution in [1.29, 1.82) is 0 Å². The molecule has 7 nitrogen and oxygen atoms in total. The fraction of sp³-hybridized carbons (Fsp3) is 0.553. The Labute approximate surface area is 291 Å². The first-order chi connectivity index (χ1) is 21.4. The fourth-order valence-electron chi connectivity index (χ4n) is 10.0. The smallest absolute Gasteiger partial charge is 0.174 e. The molecule has 7 atom stereocenters. The van der Waals surface area contributed by atoms with Crippen LogP contribution in [0.15, 0.2) is 54.6 Å². The van der Waals surface area contributed by atoms with E-state index >= 15 is 0 Å². The van der Waals surface area contributed by atoms with Crippen molar-refractivity contribution >= 4 is 30.6 Å². The van der Waals surface area contributed by atoms with Crippen LogP contribution in [-0.2, 0) is 28.5 Å². The summed E-state index contributed by atoms with van der Waals surface area (Å²) in [6, 6.07) is 10.1. The Kier molecular flexibility index (Phi) is 9.68. The van der Waals surface area contributed by atoms with Crippen LogP contribution in [0.1, 0.15) is 75.6 Å². The predicted octanol–water partition coefficient (Wildman–Crippen LogP) is 6.03. The first-order valence-electron chi connectivity index (χ1n) is 16.8. The molecule has 3 aliphatic carbocycles. The fourth-order valence-corrected chi connectivity index (χ4v) is 10.0. The molecule has 1 spiro atoms. The zero-order valence-electron chi connectivity index (χ0n) is 28.0. The van der Waals surface area contributed by atoms with E-state index in [0.29, 0.717) is 49.1 Å². The number of allylic oxidation sites excluding steroid dienone is 1. The summed E-state index contributed by atoms with van der Waals surface area (Å²) in [4.78, 5) is 17.6. The van der Waals surface area contributed by atoms with Gasteiger partial charge in [0, 0.05) is 43.7 Å². The van der Waals surface area contributed by atoms with Crippen molar-refractivity contribution in [3.05, 3.63) is 76.9 Å². The van der Waals surface area contributed by atoms with Crippen LogP contribution in [0.4, 0.5) is 0 Å². The summed E-state index contributed by atoms with van der Waals surface area (Å²) in [6.07, 6.45) is 7.99. The largest absolute Gasteiger partial charge is 0.508 e. The Morgan fingerprint density at radius 1 is 1.02 bits per heavy atom. The Hall–Kier alpha value is -2.55. The molecular weight excluding hydrogens is 635 g/mol. The minimum atomic E-state index is -1.00. The number of carbonyl (C=O) groups excluding carboxylic acids is 1. The normalized spacial score (nSPS) is 34.2. The van der Waals surface area contributed by atoms with Crippen molar-refractivity contribution in [2.24, 2.45) is 5.92 Å². The number of fused-ring (bicyclic) bond motifs is 4. The maximum Gasteiger partial charge on any atom is 0.174 e. The standard InChI is InChI=1S/C19H21NO4.C19H27NO.2ClH/c1-2-8-20-9-7-18-15-11-3-4-12(21)16(15)24-17(18)13(22)5-6-19(18,23)14(20)10-11;1-13(2)7-9-20-10-8-19(4)14(3)18(20)11-15-5-6-16(21)12-17(15)19;;/h2-4,14,17,21,23H,1,5-10H2;5-7,12,14,18,21H,8-11H2,1-4H3;2*1H/t14-,17-,18+,19-;14-,18-,19+;;/m10../s1. The maximum atomic E-state index is 12.6. The van der Waals surface area contributed by atoms with Gasteiger partial charge in [-0.15, -0.1) is 31.4 Å². The van der Waals surface area contributed by atoms with Crippen LogP contribution in [0, 0.1) is 5.92 Å². The number of ketones is 1. The second-order valence-electron chi connectivity index (χ2n) is 14.9. The van der Waals surface area contributed by atoms with Gasteiger partial charge in [-0.1, -0.05) is 43.7 Å². The van der Waals surface area contributed by atoms with E-state index in [0.717, 1.165) is 43.7 Å². The highest BCUT2D eigenvalue weighted by Gasteiger charge is 2.73. The molecule has 0 aromatic heterocycles. The molecule has 2 aromatic carbocycles. The summed E-state index contributed by atoms with van der Waals surface area (Å²) in [5.41, 5.74) is 4.68. The number of Topliss-reactive ketones (excluding diaryl/α,β-unsaturated/α-hetero) is 1. The van der Waals surface area contributed by atoms with Gasteiger partial charge >= 0.3 is 0 Å². The van der Waals surface area contributed by atoms with Gasteiger partial charge in [0.05, 0.1) is 11.0 Å². The lowest BCUT2D eigenvalue weighted by atomic mass is 9.49. The molecule has 3 fully saturated rings. The highest BCUT2D eigenvalue weighted by Crippen LogP contribution is 2.64. The van der Waals surface area contributed by atoms with Crippen LogP contribution in [-0.4, -0.2) is 80.9 Å². The lowest BCUT2D eigenvalue weighted by molar-refractivity contribution is -0.187. The SMILES string of the molecule is C=CCN1CC[C@]23c4c5ccc(O)c4O[C@@H]2C(=O)CC[C@@]3(O)[C@H]1C5.CC(C)=CCN1CC[C@@]2(C)c3cc(O)ccc3C[C@H]1[C@@H]2C.Cl.Cl. The minimum Gasteiger partial charge on any atom is -0.508 e. The molecule has 3 heterocycles. The number of nitrogens with zero attached hydrogens (tertiary/aromatic N) is 2. The maximum absolute atomic E-state index is 12.6. The molecular formula is C38H50Cl2N2O5. The monoisotopic (exact) mass is 684 g/mol. The molecule has 2 saturated heterocycles. The molecule has 3 N–H and O–H groups in total. The average molecular weight is 686 g/mol. The number of hydrogen-bond donors (Lipinski definition) is 3. The number of hydrogen-bond acceptors (Lipinski definition) is 7. The van der Waals surface area contributed by atoms with E-state index < -0.39 is 17.1 Å². The second kappa shape index (κ2) is 12.7. The zero-order chi connectivity index (χ0) is 31.9. The van der Waals surface area contributed by atoms with Crippen LogP contribution in [0.25, 0.3) is 0 Å². The van der Waals surface area contributed by atoms with Gasteiger partial charge in [-0.05, 0) is 98.7 Å². The number of halogens is 2. The Morgan fingerprint density at radius 2 is 1.74 bits per heavy atom. The average Bonchev–Trinajstić information content (AvgIpc) is 3.36. The first-order valence-corrected chi connectivity index (χ1v) is 16.8. The molecule has 9 heteroatoms. The number of phenolic OH excluding ortho intramolecular Hbond substituents is 2. The summed E-state index contributed by atoms with van der Waals surface area (Å²) in [6.45, 7) is 16.7. The van der Waals surface area contributed by atoms with Crippen molar-refractivity contribution in [3.63, 3.8) is 0 Å². The lowest BCUT2D eigenvalue weighted by Gasteiger charge is -2.62. The van der Waals surface area contributed by atoms with Gasteiger partial charge in [0.15, 0.2) is 23.4 Å².